The van der Waals surface area contributed by atoms with E-state index in [2.05, 4.69) is 22.2 Å². The van der Waals surface area contributed by atoms with Crippen LogP contribution < -0.4 is 4.74 Å². The predicted molar refractivity (Wildman–Crippen MR) is 165 cm³/mol. The first-order valence-corrected chi connectivity index (χ1v) is 16.4. The highest BCUT2D eigenvalue weighted by atomic mass is 32.1. The van der Waals surface area contributed by atoms with E-state index in [4.69, 9.17) is 4.74 Å². The second kappa shape index (κ2) is 11.9. The van der Waals surface area contributed by atoms with Crippen LogP contribution in [0, 0.1) is 12.8 Å². The lowest BCUT2D eigenvalue weighted by Gasteiger charge is -2.33. The molecule has 1 aliphatic heterocycles. The fraction of sp³-hybridized carbons (Fsp3) is 0.412. The summed E-state index contributed by atoms with van der Waals surface area (Å²) < 4.78 is 48.4. The van der Waals surface area contributed by atoms with Crippen molar-refractivity contribution < 1.29 is 32.6 Å². The number of likely N-dealkylation sites (tertiary alicyclic amines) is 1. The van der Waals surface area contributed by atoms with E-state index in [1.165, 1.54) is 28.5 Å². The average Bonchev–Trinajstić information content (AvgIpc) is 3.98. The van der Waals surface area contributed by atoms with E-state index in [0.29, 0.717) is 34.3 Å². The first kappa shape index (κ1) is 30.5. The number of ether oxygens (including phenoxy) is 1. The van der Waals surface area contributed by atoms with Gasteiger partial charge in [-0.1, -0.05) is 12.1 Å². The number of benzene rings is 1. The molecule has 240 valence electrons. The van der Waals surface area contributed by atoms with Crippen molar-refractivity contribution >= 4 is 23.2 Å². The number of hydrogen-bond donors (Lipinski definition) is 1. The van der Waals surface area contributed by atoms with Crippen LogP contribution in [0.5, 0.6) is 5.75 Å². The molecule has 1 N–H and O–H groups in total. The number of thiophene rings is 1. The fourth-order valence-corrected chi connectivity index (χ4v) is 7.42. The number of carboxylic acids is 1. The number of aromatic carboxylic acids is 1. The quantitative estimate of drug-likeness (QED) is 0.201. The zero-order valence-electron chi connectivity index (χ0n) is 25.2. The van der Waals surface area contributed by atoms with Crippen molar-refractivity contribution in [1.82, 2.24) is 19.7 Å². The van der Waals surface area contributed by atoms with Crippen molar-refractivity contribution in [1.29, 1.82) is 0 Å². The molecular formula is C34H33F3N4O4S. The molecule has 1 amide bonds. The molecule has 4 aromatic rings. The Labute approximate surface area is 267 Å². The van der Waals surface area contributed by atoms with Gasteiger partial charge in [-0.15, -0.1) is 11.3 Å². The van der Waals surface area contributed by atoms with Crippen LogP contribution in [0.2, 0.25) is 0 Å². The third-order valence-electron chi connectivity index (χ3n) is 9.03. The zero-order valence-corrected chi connectivity index (χ0v) is 26.0. The SMILES string of the molecule is Cc1cc(COc2ccc(C3CCN(C(=O)C4CC4)CC3)c(C3CC3)c2)c(-c2cccc(-n3ncc(C(=O)O)c3C(F)(F)F)n2)s1. The Hall–Kier alpha value is -4.19. The molecule has 3 aromatic heterocycles. The largest absolute Gasteiger partial charge is 0.489 e. The van der Waals surface area contributed by atoms with E-state index in [1.54, 1.807) is 12.1 Å². The van der Waals surface area contributed by atoms with Crippen molar-refractivity contribution in [3.63, 3.8) is 0 Å². The highest BCUT2D eigenvalue weighted by molar-refractivity contribution is 7.15. The van der Waals surface area contributed by atoms with Crippen LogP contribution in [0.3, 0.4) is 0 Å². The summed E-state index contributed by atoms with van der Waals surface area (Å²) in [5.74, 6) is 0.449. The van der Waals surface area contributed by atoms with Gasteiger partial charge in [-0.2, -0.15) is 18.3 Å². The Balaban J connectivity index is 1.10. The molecule has 12 heteroatoms. The van der Waals surface area contributed by atoms with Crippen LogP contribution in [0.15, 0.2) is 48.7 Å². The molecule has 0 spiro atoms. The van der Waals surface area contributed by atoms with Gasteiger partial charge in [0.1, 0.15) is 17.9 Å². The summed E-state index contributed by atoms with van der Waals surface area (Å²) in [6, 6.07) is 13.0. The van der Waals surface area contributed by atoms with Crippen LogP contribution >= 0.6 is 11.3 Å². The number of carboxylic acid groups (broad SMARTS) is 1. The smallest absolute Gasteiger partial charge is 0.434 e. The number of carbonyl (C=O) groups is 2. The lowest BCUT2D eigenvalue weighted by Crippen LogP contribution is -2.38. The summed E-state index contributed by atoms with van der Waals surface area (Å²) in [6.45, 7) is 3.82. The minimum Gasteiger partial charge on any atom is -0.489 e. The molecule has 4 heterocycles. The molecule has 8 nitrogen and oxygen atoms in total. The third kappa shape index (κ3) is 6.14. The normalized spacial score (nSPS) is 17.3. The molecule has 0 atom stereocenters. The number of aryl methyl sites for hydroxylation is 1. The van der Waals surface area contributed by atoms with Gasteiger partial charge in [0.25, 0.3) is 0 Å². The highest BCUT2D eigenvalue weighted by Crippen LogP contribution is 2.46. The number of rotatable bonds is 9. The van der Waals surface area contributed by atoms with Crippen LogP contribution in [-0.2, 0) is 17.6 Å². The maximum absolute atomic E-state index is 13.8. The van der Waals surface area contributed by atoms with Crippen LogP contribution in [0.1, 0.15) is 88.0 Å². The topological polar surface area (TPSA) is 97.6 Å². The van der Waals surface area contributed by atoms with Gasteiger partial charge in [0, 0.05) is 29.4 Å². The molecule has 1 saturated heterocycles. The maximum atomic E-state index is 13.8. The van der Waals surface area contributed by atoms with Crippen LogP contribution in [0.4, 0.5) is 13.2 Å². The minimum atomic E-state index is -4.94. The van der Waals surface area contributed by atoms with Crippen LogP contribution in [0.25, 0.3) is 16.4 Å². The molecule has 0 bridgehead atoms. The van der Waals surface area contributed by atoms with E-state index in [-0.39, 0.29) is 18.3 Å². The van der Waals surface area contributed by atoms with Gasteiger partial charge in [0.15, 0.2) is 11.5 Å². The van der Waals surface area contributed by atoms with Gasteiger partial charge in [0.05, 0.1) is 16.8 Å². The monoisotopic (exact) mass is 650 g/mol. The number of pyridine rings is 1. The number of carbonyl (C=O) groups excluding carboxylic acids is 1. The summed E-state index contributed by atoms with van der Waals surface area (Å²) in [4.78, 5) is 32.2. The lowest BCUT2D eigenvalue weighted by atomic mass is 9.85. The van der Waals surface area contributed by atoms with Crippen LogP contribution in [-0.4, -0.2) is 49.7 Å². The lowest BCUT2D eigenvalue weighted by molar-refractivity contribution is -0.143. The van der Waals surface area contributed by atoms with E-state index in [0.717, 1.165) is 72.7 Å². The molecular weight excluding hydrogens is 617 g/mol. The summed E-state index contributed by atoms with van der Waals surface area (Å²) in [5.41, 5.74) is 1.66. The molecule has 2 aliphatic carbocycles. The third-order valence-corrected chi connectivity index (χ3v) is 10.1. The second-order valence-electron chi connectivity index (χ2n) is 12.4. The fourth-order valence-electron chi connectivity index (χ4n) is 6.43. The Morgan fingerprint density at radius 1 is 1.00 bits per heavy atom. The number of alkyl halides is 3. The Bertz CT molecular complexity index is 1800. The molecule has 3 aliphatic rings. The maximum Gasteiger partial charge on any atom is 0.434 e. The van der Waals surface area contributed by atoms with Gasteiger partial charge in [0.2, 0.25) is 5.91 Å². The van der Waals surface area contributed by atoms with E-state index < -0.39 is 23.4 Å². The van der Waals surface area contributed by atoms with Gasteiger partial charge in [-0.05, 0) is 98.7 Å². The van der Waals surface area contributed by atoms with Gasteiger partial charge >= 0.3 is 12.1 Å². The van der Waals surface area contributed by atoms with E-state index in [1.807, 2.05) is 24.0 Å². The number of aromatic nitrogens is 3. The summed E-state index contributed by atoms with van der Waals surface area (Å²) in [6.07, 6.45) is 2.08. The standard InChI is InChI=1S/C34H33F3N4O4S/c1-19-15-23(30(46-19)28-3-2-4-29(39-28)41-31(34(35,36)37)27(17-38-41)33(43)44)18-45-24-9-10-25(26(16-24)20-5-6-20)21-11-13-40(14-12-21)32(42)22-7-8-22/h2-4,9-10,15-17,20-22H,5-8,11-14,18H2,1H3,(H,43,44). The molecule has 46 heavy (non-hydrogen) atoms. The number of halogens is 3. The number of piperidine rings is 1. The summed E-state index contributed by atoms with van der Waals surface area (Å²) in [7, 11) is 0. The Morgan fingerprint density at radius 3 is 2.41 bits per heavy atom. The summed E-state index contributed by atoms with van der Waals surface area (Å²) >= 11 is 1.46. The zero-order chi connectivity index (χ0) is 32.2. The van der Waals surface area contributed by atoms with Gasteiger partial charge in [-0.3, -0.25) is 4.79 Å². The average molecular weight is 651 g/mol. The Kier molecular flexibility index (Phi) is 7.86. The van der Waals surface area contributed by atoms with Crippen molar-refractivity contribution in [2.75, 3.05) is 13.1 Å². The summed E-state index contributed by atoms with van der Waals surface area (Å²) in [5, 5.41) is 13.0. The minimum absolute atomic E-state index is 0.136. The Morgan fingerprint density at radius 2 is 1.74 bits per heavy atom. The van der Waals surface area contributed by atoms with Crippen molar-refractivity contribution in [3.8, 4) is 22.1 Å². The molecule has 0 unspecified atom stereocenters. The highest BCUT2D eigenvalue weighted by Gasteiger charge is 2.41. The molecule has 0 radical (unpaired) electrons. The molecule has 7 rings (SSSR count). The number of amides is 1. The van der Waals surface area contributed by atoms with Gasteiger partial charge in [-0.25, -0.2) is 14.5 Å². The van der Waals surface area contributed by atoms with Crippen molar-refractivity contribution in [3.05, 3.63) is 81.5 Å². The van der Waals surface area contributed by atoms with Crippen molar-refractivity contribution in [2.45, 2.75) is 70.1 Å². The second-order valence-corrected chi connectivity index (χ2v) is 13.7. The van der Waals surface area contributed by atoms with Crippen molar-refractivity contribution in [2.24, 2.45) is 5.92 Å². The van der Waals surface area contributed by atoms with Gasteiger partial charge < -0.3 is 14.7 Å². The first-order valence-electron chi connectivity index (χ1n) is 15.6. The number of hydrogen-bond acceptors (Lipinski definition) is 6. The van der Waals surface area contributed by atoms with E-state index in [9.17, 15) is 27.9 Å². The first-order chi connectivity index (χ1) is 22.1. The molecule has 2 saturated carbocycles. The molecule has 1 aromatic carbocycles. The van der Waals surface area contributed by atoms with E-state index >= 15 is 0 Å². The molecule has 3 fully saturated rings. The predicted octanol–water partition coefficient (Wildman–Crippen LogP) is 7.59. The number of nitrogens with zero attached hydrogens (tertiary/aromatic N) is 4.